The maximum Gasteiger partial charge on any atom is 0.198 e. The zero-order chi connectivity index (χ0) is 23.4. The number of methoxy groups -OCH3 is 1. The first-order chi connectivity index (χ1) is 15.2. The molecule has 8 nitrogen and oxygen atoms in total. The third-order valence-electron chi connectivity index (χ3n) is 4.21. The average Bonchev–Trinajstić information content (AvgIpc) is 3.14. The summed E-state index contributed by atoms with van der Waals surface area (Å²) in [4.78, 5) is 9.61. The molecule has 0 aliphatic rings. The third kappa shape index (κ3) is 5.54. The zero-order valence-corrected chi connectivity index (χ0v) is 19.6. The van der Waals surface area contributed by atoms with E-state index in [1.165, 1.54) is 25.5 Å². The quantitative estimate of drug-likeness (QED) is 0.398. The molecule has 0 spiro atoms. The van der Waals surface area contributed by atoms with E-state index < -0.39 is 16.6 Å². The van der Waals surface area contributed by atoms with Crippen LogP contribution in [0.2, 0.25) is 0 Å². The second-order valence-corrected chi connectivity index (χ2v) is 9.28. The highest BCUT2D eigenvalue weighted by molar-refractivity contribution is 7.99. The van der Waals surface area contributed by atoms with Gasteiger partial charge in [0, 0.05) is 56.9 Å². The van der Waals surface area contributed by atoms with Crippen LogP contribution in [0.5, 0.6) is 5.75 Å². The molecule has 168 valence electrons. The lowest BCUT2D eigenvalue weighted by Gasteiger charge is -2.13. The van der Waals surface area contributed by atoms with Crippen molar-refractivity contribution in [2.45, 2.75) is 21.7 Å². The van der Waals surface area contributed by atoms with E-state index in [0.29, 0.717) is 31.8 Å². The fourth-order valence-electron chi connectivity index (χ4n) is 2.84. The Labute approximate surface area is 192 Å². The Balaban J connectivity index is 2.15. The third-order valence-corrected chi connectivity index (χ3v) is 6.10. The summed E-state index contributed by atoms with van der Waals surface area (Å²) in [6, 6.07) is 6.23. The van der Waals surface area contributed by atoms with Gasteiger partial charge in [0.1, 0.15) is 16.7 Å². The van der Waals surface area contributed by atoms with Crippen molar-refractivity contribution in [2.75, 3.05) is 13.4 Å². The lowest BCUT2D eigenvalue weighted by atomic mass is 10.1. The van der Waals surface area contributed by atoms with Gasteiger partial charge >= 0.3 is 0 Å². The van der Waals surface area contributed by atoms with Gasteiger partial charge < -0.3 is 16.2 Å². The first-order valence-corrected chi connectivity index (χ1v) is 11.7. The molecule has 0 fully saturated rings. The number of halogens is 1. The number of rotatable bonds is 7. The molecule has 3 rings (SSSR count). The summed E-state index contributed by atoms with van der Waals surface area (Å²) in [6.07, 6.45) is 6.50. The molecule has 0 saturated heterocycles. The number of nitrogens with zero attached hydrogens (tertiary/aromatic N) is 4. The summed E-state index contributed by atoms with van der Waals surface area (Å²) in [6.45, 7) is 1.69. The van der Waals surface area contributed by atoms with E-state index in [2.05, 4.69) is 15.1 Å². The molecule has 1 atom stereocenters. The Bertz CT molecular complexity index is 1240. The molecule has 0 saturated carbocycles. The van der Waals surface area contributed by atoms with Gasteiger partial charge in [0.05, 0.1) is 13.3 Å². The molecule has 3 aromatic rings. The summed E-state index contributed by atoms with van der Waals surface area (Å²) in [5.74, 6) is 0.272. The summed E-state index contributed by atoms with van der Waals surface area (Å²) >= 11 is 1.11. The van der Waals surface area contributed by atoms with Crippen molar-refractivity contribution in [2.24, 2.45) is 23.5 Å². The SMILES string of the molecule is COc1c(-c2cnn(C)c2)cc(Sc2ccc(S(C)=O)cc2F)nc1/N=C(N)\C=C(\C)N. The number of aliphatic imine (C=N–C) groups is 1. The molecule has 0 aliphatic carbocycles. The number of amidine groups is 1. The van der Waals surface area contributed by atoms with Crippen molar-refractivity contribution in [1.82, 2.24) is 14.8 Å². The number of aryl methyl sites for hydroxylation is 1. The minimum absolute atomic E-state index is 0.149. The Morgan fingerprint density at radius 2 is 2.09 bits per heavy atom. The number of hydrogen-bond donors (Lipinski definition) is 2. The highest BCUT2D eigenvalue weighted by Crippen LogP contribution is 2.41. The van der Waals surface area contributed by atoms with Gasteiger partial charge in [-0.05, 0) is 37.3 Å². The molecule has 0 aliphatic heterocycles. The number of pyridine rings is 1. The van der Waals surface area contributed by atoms with E-state index in [-0.39, 0.29) is 11.7 Å². The Hall–Kier alpha value is -3.18. The normalized spacial score (nSPS) is 13.3. The van der Waals surface area contributed by atoms with Crippen molar-refractivity contribution < 1.29 is 13.3 Å². The molecule has 1 aromatic carbocycles. The topological polar surface area (TPSA) is 121 Å². The van der Waals surface area contributed by atoms with Gasteiger partial charge in [-0.25, -0.2) is 14.4 Å². The molecule has 11 heteroatoms. The van der Waals surface area contributed by atoms with Crippen molar-refractivity contribution in [3.05, 3.63) is 54.2 Å². The van der Waals surface area contributed by atoms with Crippen LogP contribution in [0.15, 0.2) is 68.2 Å². The second-order valence-electron chi connectivity index (χ2n) is 6.84. The van der Waals surface area contributed by atoms with E-state index in [0.717, 1.165) is 17.3 Å². The highest BCUT2D eigenvalue weighted by Gasteiger charge is 2.18. The summed E-state index contributed by atoms with van der Waals surface area (Å²) in [7, 11) is 2.03. The number of nitrogens with two attached hydrogens (primary N) is 2. The van der Waals surface area contributed by atoms with Gasteiger partial charge in [-0.3, -0.25) is 8.89 Å². The lowest BCUT2D eigenvalue weighted by Crippen LogP contribution is -2.10. The number of aromatic nitrogens is 3. The second kappa shape index (κ2) is 9.96. The minimum atomic E-state index is -1.28. The Kier molecular flexibility index (Phi) is 7.31. The van der Waals surface area contributed by atoms with Gasteiger partial charge in [-0.2, -0.15) is 5.10 Å². The molecule has 0 bridgehead atoms. The van der Waals surface area contributed by atoms with E-state index in [1.54, 1.807) is 43.0 Å². The predicted molar refractivity (Wildman–Crippen MR) is 125 cm³/mol. The number of allylic oxidation sites excluding steroid dienone is 1. The standard InChI is InChI=1S/C21H23FN6O2S2/c1-12(23)7-18(24)26-21-20(30-3)15(13-10-25-28(2)11-13)9-19(27-21)31-17-6-5-14(32(4)29)8-16(17)22/h5-11H,23H2,1-4H3,(H2,24,26,27)/b12-7-. The van der Waals surface area contributed by atoms with E-state index in [9.17, 15) is 8.60 Å². The van der Waals surface area contributed by atoms with Crippen molar-refractivity contribution >= 4 is 34.2 Å². The van der Waals surface area contributed by atoms with Crippen LogP contribution in [0.25, 0.3) is 11.1 Å². The first-order valence-electron chi connectivity index (χ1n) is 9.34. The fraction of sp³-hybridized carbons (Fsp3) is 0.190. The number of benzene rings is 1. The van der Waals surface area contributed by atoms with Crippen LogP contribution in [-0.2, 0) is 17.8 Å². The summed E-state index contributed by atoms with van der Waals surface area (Å²) in [5, 5.41) is 4.68. The average molecular weight is 475 g/mol. The monoisotopic (exact) mass is 474 g/mol. The predicted octanol–water partition coefficient (Wildman–Crippen LogP) is 3.37. The van der Waals surface area contributed by atoms with Crippen molar-refractivity contribution in [3.8, 4) is 16.9 Å². The van der Waals surface area contributed by atoms with Gasteiger partial charge in [0.2, 0.25) is 0 Å². The van der Waals surface area contributed by atoms with Crippen molar-refractivity contribution in [1.29, 1.82) is 0 Å². The smallest absolute Gasteiger partial charge is 0.198 e. The molecular formula is C21H23FN6O2S2. The molecule has 0 radical (unpaired) electrons. The zero-order valence-electron chi connectivity index (χ0n) is 18.0. The Morgan fingerprint density at radius 1 is 1.34 bits per heavy atom. The largest absolute Gasteiger partial charge is 0.492 e. The van der Waals surface area contributed by atoms with Crippen LogP contribution >= 0.6 is 11.8 Å². The molecule has 0 amide bonds. The highest BCUT2D eigenvalue weighted by atomic mass is 32.2. The molecular weight excluding hydrogens is 451 g/mol. The van der Waals surface area contributed by atoms with Crippen LogP contribution < -0.4 is 16.2 Å². The van der Waals surface area contributed by atoms with Crippen LogP contribution in [-0.4, -0.2) is 38.2 Å². The fourth-order valence-corrected chi connectivity index (χ4v) is 4.20. The van der Waals surface area contributed by atoms with Crippen LogP contribution in [0, 0.1) is 5.82 Å². The first kappa shape index (κ1) is 23.5. The maximum absolute atomic E-state index is 14.6. The number of ether oxygens (including phenoxy) is 1. The van der Waals surface area contributed by atoms with Crippen LogP contribution in [0.1, 0.15) is 6.92 Å². The van der Waals surface area contributed by atoms with Crippen LogP contribution in [0.4, 0.5) is 10.2 Å². The lowest BCUT2D eigenvalue weighted by molar-refractivity contribution is 0.415. The van der Waals surface area contributed by atoms with Gasteiger partial charge in [0.25, 0.3) is 0 Å². The molecule has 2 aromatic heterocycles. The van der Waals surface area contributed by atoms with Crippen LogP contribution in [0.3, 0.4) is 0 Å². The minimum Gasteiger partial charge on any atom is -0.492 e. The van der Waals surface area contributed by atoms with E-state index in [1.807, 2.05) is 6.20 Å². The Morgan fingerprint density at radius 3 is 2.66 bits per heavy atom. The van der Waals surface area contributed by atoms with Crippen molar-refractivity contribution in [3.63, 3.8) is 0 Å². The van der Waals surface area contributed by atoms with Gasteiger partial charge in [0.15, 0.2) is 11.6 Å². The molecule has 2 heterocycles. The number of hydrogen-bond acceptors (Lipinski definition) is 7. The summed E-state index contributed by atoms with van der Waals surface area (Å²) in [5.41, 5.74) is 13.6. The van der Waals surface area contributed by atoms with Gasteiger partial charge in [-0.1, -0.05) is 11.8 Å². The van der Waals surface area contributed by atoms with E-state index in [4.69, 9.17) is 16.2 Å². The van der Waals surface area contributed by atoms with E-state index >= 15 is 0 Å². The molecule has 4 N–H and O–H groups in total. The summed E-state index contributed by atoms with van der Waals surface area (Å²) < 4.78 is 33.5. The molecule has 32 heavy (non-hydrogen) atoms. The molecule has 1 unspecified atom stereocenters. The van der Waals surface area contributed by atoms with Gasteiger partial charge in [-0.15, -0.1) is 0 Å². The maximum atomic E-state index is 14.6.